The lowest BCUT2D eigenvalue weighted by molar-refractivity contribution is -0.116. The van der Waals surface area contributed by atoms with Crippen molar-refractivity contribution in [2.75, 3.05) is 5.32 Å². The third-order valence-corrected chi connectivity index (χ3v) is 4.29. The van der Waals surface area contributed by atoms with Crippen molar-refractivity contribution in [1.82, 2.24) is 9.78 Å². The van der Waals surface area contributed by atoms with Gasteiger partial charge in [-0.2, -0.15) is 5.10 Å². The molecule has 0 bridgehead atoms. The van der Waals surface area contributed by atoms with Gasteiger partial charge in [0.2, 0.25) is 5.91 Å². The number of amides is 1. The molecule has 2 aromatic heterocycles. The molecule has 7 heteroatoms. The molecule has 0 radical (unpaired) electrons. The molecule has 130 valence electrons. The third kappa shape index (κ3) is 2.95. The summed E-state index contributed by atoms with van der Waals surface area (Å²) in [6, 6.07) is 12.4. The maximum absolute atomic E-state index is 12.4. The van der Waals surface area contributed by atoms with E-state index >= 15 is 0 Å². The van der Waals surface area contributed by atoms with Crippen LogP contribution >= 0.6 is 11.6 Å². The summed E-state index contributed by atoms with van der Waals surface area (Å²) < 4.78 is 6.84. The van der Waals surface area contributed by atoms with Crippen molar-refractivity contribution in [3.8, 4) is 0 Å². The molecule has 0 aliphatic carbocycles. The van der Waals surface area contributed by atoms with Crippen molar-refractivity contribution < 1.29 is 9.21 Å². The Morgan fingerprint density at radius 3 is 2.88 bits per heavy atom. The fraction of sp³-hybridized carbons (Fsp3) is 0.105. The van der Waals surface area contributed by atoms with Crippen molar-refractivity contribution >= 4 is 45.1 Å². The topological polar surface area (TPSA) is 77.1 Å². The molecule has 0 aliphatic rings. The first-order valence-corrected chi connectivity index (χ1v) is 8.33. The van der Waals surface area contributed by atoms with Crippen LogP contribution in [0.4, 0.5) is 5.69 Å². The van der Waals surface area contributed by atoms with Crippen molar-refractivity contribution in [2.45, 2.75) is 13.5 Å². The predicted molar refractivity (Wildman–Crippen MR) is 101 cm³/mol. The number of anilines is 1. The average molecular weight is 368 g/mol. The quantitative estimate of drug-likeness (QED) is 0.559. The average Bonchev–Trinajstić information content (AvgIpc) is 3.00. The minimum Gasteiger partial charge on any atom is -0.422 e. The number of hydrogen-bond donors (Lipinski definition) is 1. The van der Waals surface area contributed by atoms with Crippen molar-refractivity contribution in [3.63, 3.8) is 0 Å². The summed E-state index contributed by atoms with van der Waals surface area (Å²) in [7, 11) is 0. The number of nitrogens with zero attached hydrogens (tertiary/aromatic N) is 2. The standard InChI is InChI=1S/C19H14ClN3O3/c1-11-5-6-16-14(7-11)18-15(19(25)26-16)9-21-23(18)10-17(24)22-13-4-2-3-12(20)8-13/h2-9H,10H2,1H3,(H,22,24). The lowest BCUT2D eigenvalue weighted by Crippen LogP contribution is -2.19. The second-order valence-electron chi connectivity index (χ2n) is 6.01. The first-order valence-electron chi connectivity index (χ1n) is 7.96. The molecule has 4 aromatic rings. The van der Waals surface area contributed by atoms with Gasteiger partial charge in [-0.3, -0.25) is 9.48 Å². The van der Waals surface area contributed by atoms with Crippen LogP contribution in [0.3, 0.4) is 0 Å². The van der Waals surface area contributed by atoms with Gasteiger partial charge in [0.15, 0.2) is 0 Å². The Balaban J connectivity index is 1.75. The molecule has 0 saturated heterocycles. The second kappa shape index (κ2) is 6.31. The van der Waals surface area contributed by atoms with Crippen LogP contribution in [0.15, 0.2) is 57.9 Å². The first-order chi connectivity index (χ1) is 12.5. The number of carbonyl (C=O) groups excluding carboxylic acids is 1. The Morgan fingerprint density at radius 1 is 1.23 bits per heavy atom. The van der Waals surface area contributed by atoms with E-state index in [2.05, 4.69) is 10.4 Å². The van der Waals surface area contributed by atoms with Gasteiger partial charge < -0.3 is 9.73 Å². The van der Waals surface area contributed by atoms with Crippen LogP contribution in [0, 0.1) is 6.92 Å². The van der Waals surface area contributed by atoms with Gasteiger partial charge in [0.05, 0.1) is 11.7 Å². The molecule has 0 fully saturated rings. The summed E-state index contributed by atoms with van der Waals surface area (Å²) in [6.07, 6.45) is 1.43. The van der Waals surface area contributed by atoms with Gasteiger partial charge in [-0.15, -0.1) is 0 Å². The highest BCUT2D eigenvalue weighted by Crippen LogP contribution is 2.24. The van der Waals surface area contributed by atoms with E-state index in [1.54, 1.807) is 30.3 Å². The van der Waals surface area contributed by atoms with Crippen LogP contribution in [-0.2, 0) is 11.3 Å². The molecule has 1 amide bonds. The number of halogens is 1. The smallest absolute Gasteiger partial charge is 0.347 e. The number of nitrogens with one attached hydrogen (secondary N) is 1. The number of carbonyl (C=O) groups is 1. The summed E-state index contributed by atoms with van der Waals surface area (Å²) in [5.41, 5.74) is 2.19. The van der Waals surface area contributed by atoms with Gasteiger partial charge in [0.25, 0.3) is 0 Å². The molecule has 1 N–H and O–H groups in total. The highest BCUT2D eigenvalue weighted by Gasteiger charge is 2.15. The van der Waals surface area contributed by atoms with Crippen molar-refractivity contribution in [2.24, 2.45) is 0 Å². The fourth-order valence-electron chi connectivity index (χ4n) is 2.91. The van der Waals surface area contributed by atoms with Gasteiger partial charge >= 0.3 is 5.63 Å². The van der Waals surface area contributed by atoms with Gasteiger partial charge in [-0.25, -0.2) is 4.79 Å². The zero-order valence-corrected chi connectivity index (χ0v) is 14.6. The van der Waals surface area contributed by atoms with Gasteiger partial charge in [-0.1, -0.05) is 29.3 Å². The molecule has 6 nitrogen and oxygen atoms in total. The van der Waals surface area contributed by atoms with Gasteiger partial charge in [0.1, 0.15) is 17.5 Å². The molecule has 4 rings (SSSR count). The van der Waals surface area contributed by atoms with E-state index in [1.807, 2.05) is 19.1 Å². The molecular formula is C19H14ClN3O3. The van der Waals surface area contributed by atoms with E-state index < -0.39 is 5.63 Å². The van der Waals surface area contributed by atoms with Gasteiger partial charge in [-0.05, 0) is 37.3 Å². The first kappa shape index (κ1) is 16.4. The lowest BCUT2D eigenvalue weighted by Gasteiger charge is -2.08. The summed E-state index contributed by atoms with van der Waals surface area (Å²) in [5.74, 6) is -0.272. The number of aromatic nitrogens is 2. The number of benzene rings is 2. The second-order valence-corrected chi connectivity index (χ2v) is 6.45. The van der Waals surface area contributed by atoms with E-state index in [0.29, 0.717) is 27.2 Å². The van der Waals surface area contributed by atoms with Crippen LogP contribution < -0.4 is 10.9 Å². The molecular weight excluding hydrogens is 354 g/mol. The Labute approximate surface area is 153 Å². The van der Waals surface area contributed by atoms with Crippen molar-refractivity contribution in [1.29, 1.82) is 0 Å². The van der Waals surface area contributed by atoms with E-state index in [1.165, 1.54) is 10.9 Å². The molecule has 26 heavy (non-hydrogen) atoms. The van der Waals surface area contributed by atoms with E-state index in [0.717, 1.165) is 10.9 Å². The van der Waals surface area contributed by atoms with E-state index in [9.17, 15) is 9.59 Å². The zero-order chi connectivity index (χ0) is 18.3. The SMILES string of the molecule is Cc1ccc2oc(=O)c3cnn(CC(=O)Nc4cccc(Cl)c4)c3c2c1. The monoisotopic (exact) mass is 367 g/mol. The maximum Gasteiger partial charge on any atom is 0.347 e. The summed E-state index contributed by atoms with van der Waals surface area (Å²) >= 11 is 5.93. The highest BCUT2D eigenvalue weighted by atomic mass is 35.5. The number of hydrogen-bond acceptors (Lipinski definition) is 4. The van der Waals surface area contributed by atoms with Crippen molar-refractivity contribution in [3.05, 3.63) is 69.7 Å². The Kier molecular flexibility index (Phi) is 3.97. The zero-order valence-electron chi connectivity index (χ0n) is 13.8. The van der Waals surface area contributed by atoms with Crippen LogP contribution in [0.1, 0.15) is 5.56 Å². The maximum atomic E-state index is 12.4. The molecule has 0 saturated carbocycles. The summed E-state index contributed by atoms with van der Waals surface area (Å²) in [5, 5.41) is 8.60. The summed E-state index contributed by atoms with van der Waals surface area (Å²) in [6.45, 7) is 1.91. The van der Waals surface area contributed by atoms with Crippen LogP contribution in [0.25, 0.3) is 21.9 Å². The van der Waals surface area contributed by atoms with Crippen LogP contribution in [-0.4, -0.2) is 15.7 Å². The minimum absolute atomic E-state index is 0.0392. The molecule has 0 atom stereocenters. The molecule has 0 aliphatic heterocycles. The fourth-order valence-corrected chi connectivity index (χ4v) is 3.10. The molecule has 0 spiro atoms. The number of rotatable bonds is 3. The summed E-state index contributed by atoms with van der Waals surface area (Å²) in [4.78, 5) is 24.6. The molecule has 2 heterocycles. The Bertz CT molecular complexity index is 1210. The number of aryl methyl sites for hydroxylation is 1. The normalized spacial score (nSPS) is 11.2. The van der Waals surface area contributed by atoms with E-state index in [4.69, 9.17) is 16.0 Å². The lowest BCUT2D eigenvalue weighted by atomic mass is 10.1. The van der Waals surface area contributed by atoms with E-state index in [-0.39, 0.29) is 12.5 Å². The largest absolute Gasteiger partial charge is 0.422 e. The van der Waals surface area contributed by atoms with Gasteiger partial charge in [0, 0.05) is 16.1 Å². The predicted octanol–water partition coefficient (Wildman–Crippen LogP) is 3.74. The van der Waals surface area contributed by atoms with Crippen LogP contribution in [0.5, 0.6) is 0 Å². The van der Waals surface area contributed by atoms with Crippen LogP contribution in [0.2, 0.25) is 5.02 Å². The minimum atomic E-state index is -0.474. The highest BCUT2D eigenvalue weighted by molar-refractivity contribution is 6.30. The Hall–Kier alpha value is -3.12. The number of fused-ring (bicyclic) bond motifs is 3. The third-order valence-electron chi connectivity index (χ3n) is 4.05. The Morgan fingerprint density at radius 2 is 2.08 bits per heavy atom. The molecule has 0 unspecified atom stereocenters. The molecule has 2 aromatic carbocycles.